The summed E-state index contributed by atoms with van der Waals surface area (Å²) < 4.78 is 27.4. The average Bonchev–Trinajstić information content (AvgIpc) is 2.44. The minimum atomic E-state index is -3.43. The Morgan fingerprint density at radius 1 is 1.18 bits per heavy atom. The molecule has 1 heterocycles. The second kappa shape index (κ2) is 6.78. The SMILES string of the molecule is Cc1cc(C)c(S(=O)(=O)N2CC[NH+](CCC#N)CC2)c(C)c1. The molecular weight excluding hydrogens is 298 g/mol. The van der Waals surface area contributed by atoms with Gasteiger partial charge in [-0.3, -0.25) is 0 Å². The molecule has 0 saturated carbocycles. The Labute approximate surface area is 133 Å². The van der Waals surface area contributed by atoms with Crippen LogP contribution in [0.1, 0.15) is 23.1 Å². The molecule has 22 heavy (non-hydrogen) atoms. The molecule has 0 unspecified atom stereocenters. The molecule has 0 radical (unpaired) electrons. The van der Waals surface area contributed by atoms with Crippen molar-refractivity contribution in [3.63, 3.8) is 0 Å². The molecule has 1 aromatic carbocycles. The molecule has 0 spiro atoms. The minimum Gasteiger partial charge on any atom is -0.332 e. The number of hydrogen-bond acceptors (Lipinski definition) is 3. The van der Waals surface area contributed by atoms with Crippen LogP contribution in [0.2, 0.25) is 0 Å². The lowest BCUT2D eigenvalue weighted by Gasteiger charge is -2.31. The predicted molar refractivity (Wildman–Crippen MR) is 85.2 cm³/mol. The van der Waals surface area contributed by atoms with Gasteiger partial charge in [-0.05, 0) is 31.9 Å². The van der Waals surface area contributed by atoms with E-state index in [0.717, 1.165) is 36.3 Å². The highest BCUT2D eigenvalue weighted by Gasteiger charge is 2.32. The summed E-state index contributed by atoms with van der Waals surface area (Å²) in [5.74, 6) is 0. The first-order valence-corrected chi connectivity index (χ1v) is 9.09. The maximum atomic E-state index is 12.9. The van der Waals surface area contributed by atoms with Crippen molar-refractivity contribution < 1.29 is 13.3 Å². The summed E-state index contributed by atoms with van der Waals surface area (Å²) in [6.45, 7) is 9.09. The van der Waals surface area contributed by atoms with Gasteiger partial charge in [0.05, 0.1) is 50.1 Å². The summed E-state index contributed by atoms with van der Waals surface area (Å²) >= 11 is 0. The third kappa shape index (κ3) is 3.49. The zero-order chi connectivity index (χ0) is 16.3. The number of hydrogen-bond donors (Lipinski definition) is 1. The summed E-state index contributed by atoms with van der Waals surface area (Å²) in [5, 5.41) is 8.64. The van der Waals surface area contributed by atoms with Gasteiger partial charge in [-0.25, -0.2) is 8.42 Å². The van der Waals surface area contributed by atoms with E-state index in [4.69, 9.17) is 5.26 Å². The number of benzene rings is 1. The van der Waals surface area contributed by atoms with Crippen molar-refractivity contribution in [1.82, 2.24) is 4.31 Å². The van der Waals surface area contributed by atoms with Gasteiger partial charge < -0.3 is 4.90 Å². The van der Waals surface area contributed by atoms with Crippen molar-refractivity contribution in [1.29, 1.82) is 5.26 Å². The Morgan fingerprint density at radius 2 is 1.73 bits per heavy atom. The maximum absolute atomic E-state index is 12.9. The summed E-state index contributed by atoms with van der Waals surface area (Å²) in [7, 11) is -3.43. The van der Waals surface area contributed by atoms with Crippen molar-refractivity contribution in [3.05, 3.63) is 28.8 Å². The third-order valence-corrected chi connectivity index (χ3v) is 6.43. The topological polar surface area (TPSA) is 65.6 Å². The van der Waals surface area contributed by atoms with Crippen LogP contribution in [-0.4, -0.2) is 45.4 Å². The Bertz CT molecular complexity index is 661. The quantitative estimate of drug-likeness (QED) is 0.873. The van der Waals surface area contributed by atoms with Crippen LogP contribution in [0.15, 0.2) is 17.0 Å². The number of aryl methyl sites for hydroxylation is 3. The largest absolute Gasteiger partial charge is 0.332 e. The molecule has 1 fully saturated rings. The zero-order valence-electron chi connectivity index (χ0n) is 13.5. The molecule has 120 valence electrons. The van der Waals surface area contributed by atoms with E-state index in [1.54, 1.807) is 4.31 Å². The van der Waals surface area contributed by atoms with Crippen LogP contribution in [0.3, 0.4) is 0 Å². The van der Waals surface area contributed by atoms with E-state index in [2.05, 4.69) is 6.07 Å². The van der Waals surface area contributed by atoms with Gasteiger partial charge >= 0.3 is 0 Å². The van der Waals surface area contributed by atoms with Crippen molar-refractivity contribution in [2.24, 2.45) is 0 Å². The van der Waals surface area contributed by atoms with E-state index < -0.39 is 10.0 Å². The Kier molecular flexibility index (Phi) is 5.22. The van der Waals surface area contributed by atoms with Gasteiger partial charge in [0, 0.05) is 0 Å². The maximum Gasteiger partial charge on any atom is 0.244 e. The number of quaternary nitrogens is 1. The number of sulfonamides is 1. The van der Waals surface area contributed by atoms with Gasteiger partial charge in [0.25, 0.3) is 0 Å². The van der Waals surface area contributed by atoms with Crippen molar-refractivity contribution in [2.75, 3.05) is 32.7 Å². The standard InChI is InChI=1S/C16H23N3O2S/c1-13-11-14(2)16(15(3)12-13)22(20,21)19-9-7-18(8-10-19)6-4-5-17/h11-12H,4,6-10H2,1-3H3/p+1. The van der Waals surface area contributed by atoms with Gasteiger partial charge in [0.1, 0.15) is 0 Å². The van der Waals surface area contributed by atoms with Crippen molar-refractivity contribution in [2.45, 2.75) is 32.1 Å². The normalized spacial score (nSPS) is 17.4. The molecule has 2 rings (SSSR count). The van der Waals surface area contributed by atoms with Crippen LogP contribution in [0.25, 0.3) is 0 Å². The molecule has 0 atom stereocenters. The second-order valence-electron chi connectivity index (χ2n) is 6.04. The van der Waals surface area contributed by atoms with Crippen LogP contribution in [0.4, 0.5) is 0 Å². The first-order chi connectivity index (χ1) is 10.4. The first-order valence-electron chi connectivity index (χ1n) is 7.65. The predicted octanol–water partition coefficient (Wildman–Crippen LogP) is 0.415. The fraction of sp³-hybridized carbons (Fsp3) is 0.562. The fourth-order valence-corrected chi connectivity index (χ4v) is 5.08. The summed E-state index contributed by atoms with van der Waals surface area (Å²) in [4.78, 5) is 1.77. The van der Waals surface area contributed by atoms with Gasteiger partial charge in [0.15, 0.2) is 0 Å². The molecule has 0 bridgehead atoms. The number of nitriles is 1. The lowest BCUT2D eigenvalue weighted by Crippen LogP contribution is -3.14. The third-order valence-electron chi connectivity index (χ3n) is 4.22. The van der Waals surface area contributed by atoms with Crippen LogP contribution in [0, 0.1) is 32.1 Å². The van der Waals surface area contributed by atoms with Crippen LogP contribution < -0.4 is 4.90 Å². The van der Waals surface area contributed by atoms with Gasteiger partial charge in [-0.2, -0.15) is 9.57 Å². The van der Waals surface area contributed by atoms with Gasteiger partial charge in [-0.15, -0.1) is 0 Å². The molecule has 0 aromatic heterocycles. The molecule has 0 aliphatic carbocycles. The van der Waals surface area contributed by atoms with Crippen molar-refractivity contribution in [3.8, 4) is 6.07 Å². The van der Waals surface area contributed by atoms with Crippen LogP contribution in [0.5, 0.6) is 0 Å². The lowest BCUT2D eigenvalue weighted by molar-refractivity contribution is -0.903. The van der Waals surface area contributed by atoms with E-state index in [9.17, 15) is 8.42 Å². The molecule has 1 aliphatic rings. The molecule has 1 N–H and O–H groups in total. The van der Waals surface area contributed by atoms with Crippen molar-refractivity contribution >= 4 is 10.0 Å². The highest BCUT2D eigenvalue weighted by Crippen LogP contribution is 2.25. The Hall–Kier alpha value is -1.42. The smallest absolute Gasteiger partial charge is 0.244 e. The van der Waals surface area contributed by atoms with Crippen LogP contribution >= 0.6 is 0 Å². The minimum absolute atomic E-state index is 0.457. The molecule has 0 amide bonds. The molecule has 1 aromatic rings. The van der Waals surface area contributed by atoms with E-state index in [1.807, 2.05) is 32.9 Å². The summed E-state index contributed by atoms with van der Waals surface area (Å²) in [5.41, 5.74) is 2.72. The highest BCUT2D eigenvalue weighted by molar-refractivity contribution is 7.89. The number of piperazine rings is 1. The first kappa shape index (κ1) is 16.9. The molecule has 1 saturated heterocycles. The van der Waals surface area contributed by atoms with Gasteiger partial charge in [0.2, 0.25) is 10.0 Å². The Morgan fingerprint density at radius 3 is 2.23 bits per heavy atom. The highest BCUT2D eigenvalue weighted by atomic mass is 32.2. The number of nitrogens with one attached hydrogen (secondary N) is 1. The van der Waals surface area contributed by atoms with E-state index >= 15 is 0 Å². The summed E-state index contributed by atoms with van der Waals surface area (Å²) in [6, 6.07) is 6.00. The number of nitrogens with zero attached hydrogens (tertiary/aromatic N) is 2. The molecule has 5 nitrogen and oxygen atoms in total. The fourth-order valence-electron chi connectivity index (χ4n) is 3.23. The van der Waals surface area contributed by atoms with E-state index in [1.165, 1.54) is 4.90 Å². The average molecular weight is 322 g/mol. The molecule has 6 heteroatoms. The monoisotopic (exact) mass is 322 g/mol. The van der Waals surface area contributed by atoms with E-state index in [0.29, 0.717) is 24.4 Å². The lowest BCUT2D eigenvalue weighted by atomic mass is 10.1. The second-order valence-corrected chi connectivity index (χ2v) is 7.91. The summed E-state index contributed by atoms with van der Waals surface area (Å²) in [6.07, 6.45) is 0.526. The zero-order valence-corrected chi connectivity index (χ0v) is 14.3. The van der Waals surface area contributed by atoms with E-state index in [-0.39, 0.29) is 0 Å². The van der Waals surface area contributed by atoms with Crippen LogP contribution in [-0.2, 0) is 10.0 Å². The van der Waals surface area contributed by atoms with Gasteiger partial charge in [-0.1, -0.05) is 17.7 Å². The number of rotatable bonds is 4. The molecule has 1 aliphatic heterocycles. The Balaban J connectivity index is 2.18. The molecular formula is C16H24N3O2S+.